The molecule has 0 spiro atoms. The van der Waals surface area contributed by atoms with Gasteiger partial charge >= 0.3 is 12.2 Å². The van der Waals surface area contributed by atoms with Gasteiger partial charge in [0.2, 0.25) is 5.95 Å². The zero-order valence-electron chi connectivity index (χ0n) is 45.3. The molecule has 1 atom stereocenters. The van der Waals surface area contributed by atoms with Gasteiger partial charge in [0.1, 0.15) is 42.1 Å². The molecular formula is C63H49F2N13O7. The van der Waals surface area contributed by atoms with E-state index < -0.39 is 24.0 Å². The lowest BCUT2D eigenvalue weighted by Crippen LogP contribution is -2.42. The van der Waals surface area contributed by atoms with E-state index in [1.165, 1.54) is 4.90 Å². The van der Waals surface area contributed by atoms with Crippen LogP contribution in [0.2, 0.25) is 0 Å². The summed E-state index contributed by atoms with van der Waals surface area (Å²) in [6, 6.07) is 50.6. The van der Waals surface area contributed by atoms with Crippen LogP contribution < -0.4 is 14.2 Å². The van der Waals surface area contributed by atoms with E-state index in [4.69, 9.17) is 34.0 Å². The number of fused-ring (bicyclic) bond motifs is 4. The largest absolute Gasteiger partial charge is 0.490 e. The van der Waals surface area contributed by atoms with Crippen molar-refractivity contribution in [3.05, 3.63) is 223 Å². The first-order valence-corrected chi connectivity index (χ1v) is 26.6. The summed E-state index contributed by atoms with van der Waals surface area (Å²) in [7, 11) is 0. The first-order chi connectivity index (χ1) is 41.5. The highest BCUT2D eigenvalue weighted by Gasteiger charge is 2.28. The molecule has 1 N–H and O–H groups in total. The average molecular weight is 1140 g/mol. The maximum atomic E-state index is 13.9. The Morgan fingerprint density at radius 3 is 1.75 bits per heavy atom. The summed E-state index contributed by atoms with van der Waals surface area (Å²) in [5, 5.41) is 38.6. The molecule has 0 saturated carbocycles. The lowest BCUT2D eigenvalue weighted by atomic mass is 9.97. The van der Waals surface area contributed by atoms with Crippen molar-refractivity contribution in [1.29, 1.82) is 0 Å². The number of nitrogens with zero attached hydrogens (tertiary/aromatic N) is 13. The number of halogens is 2. The Balaban J connectivity index is 0.000000171. The molecule has 8 heterocycles. The summed E-state index contributed by atoms with van der Waals surface area (Å²) >= 11 is 0. The topological polar surface area (TPSA) is 240 Å². The van der Waals surface area contributed by atoms with Crippen molar-refractivity contribution < 1.29 is 42.5 Å². The fourth-order valence-electron chi connectivity index (χ4n) is 9.58. The maximum absolute atomic E-state index is 13.9. The van der Waals surface area contributed by atoms with Crippen LogP contribution in [0, 0.1) is 12.0 Å². The average Bonchev–Trinajstić information content (AvgIpc) is 4.25. The molecule has 1 saturated heterocycles. The summed E-state index contributed by atoms with van der Waals surface area (Å²) < 4.78 is 48.9. The van der Waals surface area contributed by atoms with Gasteiger partial charge in [0.15, 0.2) is 22.9 Å². The molecule has 20 nitrogen and oxygen atoms in total. The van der Waals surface area contributed by atoms with E-state index >= 15 is 0 Å². The SMILES string of the molecule is C=C(C)C(O)c1cccc(-c2ccc3c(OCc4nnc5ccc(-c6ccccc6)nn45)ccnc3c2)c1.O=C(c1cnc(F)nc1F)N1CCC(Oc2ccc3c(OCc4nnc5ccc(-c6ccccc6)nn45)ccnc3c2)CC1.O=C=O. The standard InChI is InChI=1S/C31H24F2N8O3.C31H25N5O2.CO2/c32-29-23(17-35-31(33)36-29)30(42)40-14-11-20(12-15-40)44-21-6-7-22-25(16-21)34-13-10-26(22)43-18-28-38-37-27-9-8-24(39-41(27)28)19-4-2-1-3-5-19;1-20(2)31(37)24-10-6-9-22(17-24)23-11-12-25-27(18-23)32-16-15-28(25)38-19-30-34-33-29-14-13-26(35-36(29)30)21-7-4-3-5-8-21;2-1-3/h1-10,13,16-17,20H,11-12,14-15,18H2;3-18,31,37H,1,19H2,2H3;. The van der Waals surface area contributed by atoms with Crippen LogP contribution in [-0.2, 0) is 22.8 Å². The van der Waals surface area contributed by atoms with Gasteiger partial charge in [0, 0.05) is 72.5 Å². The maximum Gasteiger partial charge on any atom is 0.373 e. The van der Waals surface area contributed by atoms with Gasteiger partial charge in [-0.15, -0.1) is 20.4 Å². The minimum atomic E-state index is -1.21. The van der Waals surface area contributed by atoms with Crippen LogP contribution >= 0.6 is 0 Å². The molecule has 7 aromatic heterocycles. The first-order valence-electron chi connectivity index (χ1n) is 26.6. The lowest BCUT2D eigenvalue weighted by Gasteiger charge is -2.32. The summed E-state index contributed by atoms with van der Waals surface area (Å²) in [4.78, 5) is 45.7. The van der Waals surface area contributed by atoms with Crippen molar-refractivity contribution in [3.8, 4) is 50.9 Å². The Morgan fingerprint density at radius 1 is 0.647 bits per heavy atom. The number of carbonyl (C=O) groups is 1. The predicted octanol–water partition coefficient (Wildman–Crippen LogP) is 10.3. The van der Waals surface area contributed by atoms with Crippen LogP contribution in [0.3, 0.4) is 0 Å². The number of ether oxygens (including phenoxy) is 3. The molecule has 5 aromatic carbocycles. The Morgan fingerprint density at radius 2 is 1.19 bits per heavy atom. The van der Waals surface area contributed by atoms with Gasteiger partial charge in [-0.1, -0.05) is 91.5 Å². The quantitative estimate of drug-likeness (QED) is 0.0605. The normalized spacial score (nSPS) is 12.6. The highest BCUT2D eigenvalue weighted by Crippen LogP contribution is 2.33. The molecule has 0 bridgehead atoms. The molecule has 1 fully saturated rings. The molecule has 85 heavy (non-hydrogen) atoms. The van der Waals surface area contributed by atoms with Gasteiger partial charge in [-0.3, -0.25) is 14.8 Å². The molecule has 1 aliphatic rings. The number of aliphatic hydroxyl groups is 1. The number of likely N-dealkylation sites (tertiary alicyclic amines) is 1. The molecule has 422 valence electrons. The number of benzene rings is 5. The number of rotatable bonds is 14. The number of hydrogen-bond donors (Lipinski definition) is 1. The molecule has 0 radical (unpaired) electrons. The third kappa shape index (κ3) is 12.7. The molecule has 12 aromatic rings. The Bertz CT molecular complexity index is 4420. The van der Waals surface area contributed by atoms with E-state index in [1.54, 1.807) is 27.5 Å². The van der Waals surface area contributed by atoms with Crippen LogP contribution in [0.25, 0.3) is 66.7 Å². The van der Waals surface area contributed by atoms with Gasteiger partial charge in [0.25, 0.3) is 5.91 Å². The highest BCUT2D eigenvalue weighted by atomic mass is 19.1. The number of amides is 1. The van der Waals surface area contributed by atoms with Crippen LogP contribution in [-0.4, -0.2) is 101 Å². The number of aromatic nitrogens is 12. The zero-order chi connectivity index (χ0) is 58.8. The van der Waals surface area contributed by atoms with Crippen molar-refractivity contribution in [1.82, 2.24) is 64.5 Å². The first kappa shape index (κ1) is 55.8. The Labute approximate surface area is 482 Å². The van der Waals surface area contributed by atoms with Gasteiger partial charge < -0.3 is 24.2 Å². The molecule has 1 amide bonds. The number of carbonyl (C=O) groups excluding carboxylic acids is 3. The van der Waals surface area contributed by atoms with Crippen molar-refractivity contribution in [2.75, 3.05) is 13.1 Å². The Hall–Kier alpha value is -11.1. The van der Waals surface area contributed by atoms with Crippen LogP contribution in [0.15, 0.2) is 188 Å². The minimum Gasteiger partial charge on any atom is -0.490 e. The summed E-state index contributed by atoms with van der Waals surface area (Å²) in [6.07, 6.45) is 3.53. The fourth-order valence-corrected chi connectivity index (χ4v) is 9.58. The smallest absolute Gasteiger partial charge is 0.373 e. The third-order valence-corrected chi connectivity index (χ3v) is 13.9. The number of pyridine rings is 2. The van der Waals surface area contributed by atoms with E-state index in [-0.39, 0.29) is 31.0 Å². The highest BCUT2D eigenvalue weighted by molar-refractivity contribution is 5.94. The second kappa shape index (κ2) is 25.4. The van der Waals surface area contributed by atoms with E-state index in [0.717, 1.165) is 61.7 Å². The van der Waals surface area contributed by atoms with Crippen LogP contribution in [0.1, 0.15) is 53.4 Å². The van der Waals surface area contributed by atoms with Crippen LogP contribution in [0.5, 0.6) is 17.2 Å². The van der Waals surface area contributed by atoms with E-state index in [2.05, 4.69) is 46.9 Å². The molecule has 0 aliphatic carbocycles. The molecule has 13 rings (SSSR count). The summed E-state index contributed by atoms with van der Waals surface area (Å²) in [6.45, 7) is 6.74. The van der Waals surface area contributed by atoms with E-state index in [0.29, 0.717) is 77.2 Å². The third-order valence-electron chi connectivity index (χ3n) is 13.9. The van der Waals surface area contributed by atoms with Crippen molar-refractivity contribution >= 4 is 45.2 Å². The van der Waals surface area contributed by atoms with E-state index in [9.17, 15) is 18.7 Å². The number of piperidine rings is 1. The second-order valence-electron chi connectivity index (χ2n) is 19.5. The van der Waals surface area contributed by atoms with Crippen molar-refractivity contribution in [2.24, 2.45) is 0 Å². The monoisotopic (exact) mass is 1140 g/mol. The number of aliphatic hydroxyl groups excluding tert-OH is 1. The summed E-state index contributed by atoms with van der Waals surface area (Å²) in [5.74, 6) is 1.37. The van der Waals surface area contributed by atoms with Crippen molar-refractivity contribution in [2.45, 2.75) is 45.2 Å². The van der Waals surface area contributed by atoms with Gasteiger partial charge in [-0.05, 0) is 95.9 Å². The van der Waals surface area contributed by atoms with Crippen LogP contribution in [0.4, 0.5) is 8.78 Å². The van der Waals surface area contributed by atoms with Gasteiger partial charge in [-0.2, -0.15) is 42.6 Å². The predicted molar refractivity (Wildman–Crippen MR) is 306 cm³/mol. The lowest BCUT2D eigenvalue weighted by molar-refractivity contribution is -0.191. The summed E-state index contributed by atoms with van der Waals surface area (Å²) in [5.41, 5.74) is 9.57. The molecule has 1 aliphatic heterocycles. The minimum absolute atomic E-state index is 0.148. The zero-order valence-corrected chi connectivity index (χ0v) is 45.3. The van der Waals surface area contributed by atoms with E-state index in [1.807, 2.05) is 159 Å². The number of hydrogen-bond acceptors (Lipinski definition) is 17. The fraction of sp³-hybridized carbons (Fsp3) is 0.143. The Kier molecular flexibility index (Phi) is 16.7. The van der Waals surface area contributed by atoms with Crippen molar-refractivity contribution in [3.63, 3.8) is 0 Å². The van der Waals surface area contributed by atoms with Gasteiger partial charge in [-0.25, -0.2) is 4.98 Å². The molecular weight excluding hydrogens is 1090 g/mol. The second-order valence-corrected chi connectivity index (χ2v) is 19.5. The molecule has 1 unspecified atom stereocenters. The van der Waals surface area contributed by atoms with Gasteiger partial charge in [0.05, 0.1) is 28.5 Å². The molecule has 22 heteroatoms.